The summed E-state index contributed by atoms with van der Waals surface area (Å²) in [7, 11) is 1.80. The molecule has 0 saturated heterocycles. The molecule has 1 aliphatic carbocycles. The average molecular weight is 361 g/mol. The molecule has 2 atom stereocenters. The first-order valence-corrected chi connectivity index (χ1v) is 9.03. The second-order valence-electron chi connectivity index (χ2n) is 7.12. The lowest BCUT2D eigenvalue weighted by Crippen LogP contribution is -3.15. The molecule has 0 radical (unpaired) electrons. The molecule has 0 aromatic heterocycles. The van der Waals surface area contributed by atoms with Crippen molar-refractivity contribution in [3.05, 3.63) is 29.3 Å². The lowest BCUT2D eigenvalue weighted by atomic mass is 10.1. The van der Waals surface area contributed by atoms with Crippen molar-refractivity contribution in [3.63, 3.8) is 0 Å². The SMILES string of the molecule is Cc1cccc(C)c1NC(=O)CNC(=O)[C@H](C)[NH+](C)CC(=O)NC1CC1. The summed E-state index contributed by atoms with van der Waals surface area (Å²) in [6.07, 6.45) is 2.08. The monoisotopic (exact) mass is 361 g/mol. The molecule has 1 aromatic carbocycles. The average Bonchev–Trinajstić information content (AvgIpc) is 3.39. The van der Waals surface area contributed by atoms with Gasteiger partial charge in [0.05, 0.1) is 13.6 Å². The Morgan fingerprint density at radius 2 is 1.77 bits per heavy atom. The van der Waals surface area contributed by atoms with E-state index in [1.165, 1.54) is 0 Å². The maximum absolute atomic E-state index is 12.2. The van der Waals surface area contributed by atoms with Crippen molar-refractivity contribution in [2.45, 2.75) is 45.7 Å². The van der Waals surface area contributed by atoms with Gasteiger partial charge in [-0.1, -0.05) is 18.2 Å². The molecule has 0 aliphatic heterocycles. The highest BCUT2D eigenvalue weighted by atomic mass is 16.2. The molecule has 2 rings (SSSR count). The molecule has 1 fully saturated rings. The van der Waals surface area contributed by atoms with Gasteiger partial charge in [0, 0.05) is 11.7 Å². The number of rotatable bonds is 8. The highest BCUT2D eigenvalue weighted by Gasteiger charge is 2.28. The Morgan fingerprint density at radius 3 is 2.35 bits per heavy atom. The summed E-state index contributed by atoms with van der Waals surface area (Å²) in [6, 6.07) is 5.67. The van der Waals surface area contributed by atoms with Gasteiger partial charge in [-0.3, -0.25) is 14.4 Å². The van der Waals surface area contributed by atoms with E-state index in [1.54, 1.807) is 14.0 Å². The van der Waals surface area contributed by atoms with Crippen LogP contribution in [-0.2, 0) is 14.4 Å². The summed E-state index contributed by atoms with van der Waals surface area (Å²) < 4.78 is 0. The molecule has 7 nitrogen and oxygen atoms in total. The van der Waals surface area contributed by atoms with Gasteiger partial charge in [0.1, 0.15) is 0 Å². The minimum Gasteiger partial charge on any atom is -0.348 e. The van der Waals surface area contributed by atoms with Crippen molar-refractivity contribution < 1.29 is 19.3 Å². The van der Waals surface area contributed by atoms with Crippen LogP contribution in [-0.4, -0.2) is 49.9 Å². The van der Waals surface area contributed by atoms with Gasteiger partial charge >= 0.3 is 0 Å². The number of quaternary nitrogens is 1. The Bertz CT molecular complexity index is 665. The first-order chi connectivity index (χ1) is 12.3. The van der Waals surface area contributed by atoms with Crippen LogP contribution in [0, 0.1) is 13.8 Å². The van der Waals surface area contributed by atoms with Crippen molar-refractivity contribution in [3.8, 4) is 0 Å². The zero-order chi connectivity index (χ0) is 19.3. The van der Waals surface area contributed by atoms with Crippen molar-refractivity contribution in [2.75, 3.05) is 25.5 Å². The lowest BCUT2D eigenvalue weighted by Gasteiger charge is -2.20. The molecule has 1 aliphatic rings. The standard InChI is InChI=1S/C19H28N4O3/c1-12-6-5-7-13(2)18(12)22-16(24)10-20-19(26)14(3)23(4)11-17(25)21-15-8-9-15/h5-7,14-15H,8-11H2,1-4H3,(H,20,26)(H,21,25)(H,22,24)/p+1/t14-/m0/s1. The van der Waals surface area contributed by atoms with E-state index in [0.717, 1.165) is 34.6 Å². The minimum absolute atomic E-state index is 0.0441. The van der Waals surface area contributed by atoms with Crippen LogP contribution in [0.5, 0.6) is 0 Å². The zero-order valence-corrected chi connectivity index (χ0v) is 15.9. The summed E-state index contributed by atoms with van der Waals surface area (Å²) >= 11 is 0. The van der Waals surface area contributed by atoms with Crippen molar-refractivity contribution >= 4 is 23.4 Å². The van der Waals surface area contributed by atoms with Gasteiger partial charge < -0.3 is 20.9 Å². The Labute approximate surface area is 154 Å². The third kappa shape index (κ3) is 5.84. The molecule has 142 valence electrons. The van der Waals surface area contributed by atoms with Crippen molar-refractivity contribution in [2.24, 2.45) is 0 Å². The molecule has 0 heterocycles. The number of anilines is 1. The molecule has 26 heavy (non-hydrogen) atoms. The van der Waals surface area contributed by atoms with Gasteiger partial charge in [0.15, 0.2) is 12.6 Å². The van der Waals surface area contributed by atoms with Crippen LogP contribution in [0.3, 0.4) is 0 Å². The van der Waals surface area contributed by atoms with Crippen molar-refractivity contribution in [1.82, 2.24) is 10.6 Å². The van der Waals surface area contributed by atoms with E-state index in [2.05, 4.69) is 16.0 Å². The third-order valence-electron chi connectivity index (χ3n) is 4.68. The molecule has 1 aromatic rings. The predicted molar refractivity (Wildman–Crippen MR) is 99.9 cm³/mol. The second-order valence-corrected chi connectivity index (χ2v) is 7.12. The van der Waals surface area contributed by atoms with Gasteiger partial charge in [-0.15, -0.1) is 0 Å². The number of benzene rings is 1. The van der Waals surface area contributed by atoms with Gasteiger partial charge in [-0.2, -0.15) is 0 Å². The van der Waals surface area contributed by atoms with Gasteiger partial charge in [0.25, 0.3) is 11.8 Å². The van der Waals surface area contributed by atoms with Crippen LogP contribution >= 0.6 is 0 Å². The largest absolute Gasteiger partial charge is 0.348 e. The first-order valence-electron chi connectivity index (χ1n) is 9.03. The van der Waals surface area contributed by atoms with E-state index in [0.29, 0.717) is 6.04 Å². The van der Waals surface area contributed by atoms with Crippen LogP contribution in [0.2, 0.25) is 0 Å². The Balaban J connectivity index is 1.77. The van der Waals surface area contributed by atoms with E-state index in [-0.39, 0.29) is 30.8 Å². The van der Waals surface area contributed by atoms with E-state index >= 15 is 0 Å². The number of carbonyl (C=O) groups excluding carboxylic acids is 3. The number of aryl methyl sites for hydroxylation is 2. The predicted octanol–water partition coefficient (Wildman–Crippen LogP) is -0.460. The number of para-hydroxylation sites is 1. The molecule has 3 amide bonds. The van der Waals surface area contributed by atoms with Gasteiger partial charge in [0.2, 0.25) is 5.91 Å². The maximum Gasteiger partial charge on any atom is 0.278 e. The fourth-order valence-corrected chi connectivity index (χ4v) is 2.65. The molecule has 0 bridgehead atoms. The Morgan fingerprint density at radius 1 is 1.15 bits per heavy atom. The van der Waals surface area contributed by atoms with Gasteiger partial charge in [-0.25, -0.2) is 0 Å². The van der Waals surface area contributed by atoms with Gasteiger partial charge in [-0.05, 0) is 44.7 Å². The highest BCUT2D eigenvalue weighted by molar-refractivity contribution is 5.96. The van der Waals surface area contributed by atoms with Crippen molar-refractivity contribution in [1.29, 1.82) is 0 Å². The number of likely N-dealkylation sites (N-methyl/N-ethyl adjacent to an activating group) is 1. The van der Waals surface area contributed by atoms with E-state index in [4.69, 9.17) is 0 Å². The first kappa shape index (κ1) is 19.9. The van der Waals surface area contributed by atoms with E-state index in [1.807, 2.05) is 32.0 Å². The molecule has 7 heteroatoms. The number of carbonyl (C=O) groups is 3. The Kier molecular flexibility index (Phi) is 6.74. The van der Waals surface area contributed by atoms with Crippen LogP contribution < -0.4 is 20.9 Å². The van der Waals surface area contributed by atoms with E-state index < -0.39 is 6.04 Å². The normalized spacial score (nSPS) is 15.7. The topological polar surface area (TPSA) is 91.7 Å². The molecule has 1 saturated carbocycles. The highest BCUT2D eigenvalue weighted by Crippen LogP contribution is 2.19. The summed E-state index contributed by atoms with van der Waals surface area (Å²) in [6.45, 7) is 5.74. The van der Waals surface area contributed by atoms with E-state index in [9.17, 15) is 14.4 Å². The number of hydrogen-bond acceptors (Lipinski definition) is 3. The zero-order valence-electron chi connectivity index (χ0n) is 15.9. The maximum atomic E-state index is 12.2. The quantitative estimate of drug-likeness (QED) is 0.505. The number of nitrogens with one attached hydrogen (secondary N) is 4. The van der Waals surface area contributed by atoms with Crippen LogP contribution in [0.15, 0.2) is 18.2 Å². The number of amides is 3. The molecule has 1 unspecified atom stereocenters. The second kappa shape index (κ2) is 8.80. The van der Waals surface area contributed by atoms with Crippen LogP contribution in [0.25, 0.3) is 0 Å². The van der Waals surface area contributed by atoms with Crippen LogP contribution in [0.4, 0.5) is 5.69 Å². The minimum atomic E-state index is -0.423. The fourth-order valence-electron chi connectivity index (χ4n) is 2.65. The smallest absolute Gasteiger partial charge is 0.278 e. The molecular formula is C19H29N4O3+. The third-order valence-corrected chi connectivity index (χ3v) is 4.68. The fraction of sp³-hybridized carbons (Fsp3) is 0.526. The summed E-state index contributed by atoms with van der Waals surface area (Å²) in [5, 5.41) is 8.39. The molecular weight excluding hydrogens is 332 g/mol. The summed E-state index contributed by atoms with van der Waals surface area (Å²) in [5.74, 6) is -0.567. The summed E-state index contributed by atoms with van der Waals surface area (Å²) in [5.41, 5.74) is 2.73. The Hall–Kier alpha value is -2.41. The lowest BCUT2D eigenvalue weighted by molar-refractivity contribution is -0.886. The van der Waals surface area contributed by atoms with Crippen LogP contribution in [0.1, 0.15) is 30.9 Å². The molecule has 0 spiro atoms. The summed E-state index contributed by atoms with van der Waals surface area (Å²) in [4.78, 5) is 37.0. The molecule has 4 N–H and O–H groups in total. The number of hydrogen-bond donors (Lipinski definition) is 4.